The highest BCUT2D eigenvalue weighted by molar-refractivity contribution is 7.87. The fourth-order valence-electron chi connectivity index (χ4n) is 4.30. The first-order valence-corrected chi connectivity index (χ1v) is 14.4. The number of benzene rings is 3. The zero-order valence-corrected chi connectivity index (χ0v) is 25.0. The van der Waals surface area contributed by atoms with Gasteiger partial charge < -0.3 is 19.0 Å². The Morgan fingerprint density at radius 3 is 1.68 bits per heavy atom. The van der Waals surface area contributed by atoms with Gasteiger partial charge in [-0.2, -0.15) is 8.42 Å². The van der Waals surface area contributed by atoms with Gasteiger partial charge in [0, 0.05) is 12.1 Å². The maximum absolute atomic E-state index is 13.2. The van der Waals surface area contributed by atoms with Crippen LogP contribution >= 0.6 is 0 Å². The summed E-state index contributed by atoms with van der Waals surface area (Å²) >= 11 is 0. The monoisotopic (exact) mass is 581 g/mol. The number of carbonyl (C=O) groups excluding carboxylic acids is 3. The molecule has 0 radical (unpaired) electrons. The van der Waals surface area contributed by atoms with E-state index in [1.54, 1.807) is 24.3 Å². The highest BCUT2D eigenvalue weighted by Gasteiger charge is 2.32. The number of rotatable bonds is 10. The Kier molecular flexibility index (Phi) is 9.73. The Morgan fingerprint density at radius 2 is 1.24 bits per heavy atom. The van der Waals surface area contributed by atoms with Crippen LogP contribution < -0.4 is 14.8 Å². The summed E-state index contributed by atoms with van der Waals surface area (Å²) in [5, 5.41) is 1.74. The van der Waals surface area contributed by atoms with Crippen LogP contribution in [-0.2, 0) is 19.1 Å². The van der Waals surface area contributed by atoms with Gasteiger partial charge in [-0.25, -0.2) is 9.59 Å². The molecule has 9 nitrogen and oxygen atoms in total. The molecule has 0 amide bonds. The quantitative estimate of drug-likeness (QED) is 0.147. The van der Waals surface area contributed by atoms with Crippen LogP contribution in [0.15, 0.2) is 54.6 Å². The summed E-state index contributed by atoms with van der Waals surface area (Å²) in [5.74, 6) is -1.68. The number of carbonyl (C=O) groups is 3. The normalized spacial score (nSPS) is 12.4. The average Bonchev–Trinajstić information content (AvgIpc) is 2.83. The topological polar surface area (TPSA) is 125 Å². The van der Waals surface area contributed by atoms with Gasteiger partial charge in [-0.15, -0.1) is 0 Å². The van der Waals surface area contributed by atoms with Crippen LogP contribution in [0.2, 0.25) is 0 Å². The summed E-state index contributed by atoms with van der Waals surface area (Å²) in [6, 6.07) is 14.5. The average molecular weight is 582 g/mol. The van der Waals surface area contributed by atoms with Crippen LogP contribution in [0.5, 0.6) is 11.5 Å². The molecule has 3 rings (SSSR count). The van der Waals surface area contributed by atoms with Crippen molar-refractivity contribution in [1.82, 2.24) is 5.32 Å². The van der Waals surface area contributed by atoms with Crippen molar-refractivity contribution < 1.29 is 36.5 Å². The second-order valence-corrected chi connectivity index (χ2v) is 12.8. The van der Waals surface area contributed by atoms with Crippen LogP contribution in [0.25, 0.3) is 0 Å². The van der Waals surface area contributed by atoms with E-state index in [-0.39, 0.29) is 35.6 Å². The third-order valence-corrected chi connectivity index (χ3v) is 7.48. The Morgan fingerprint density at radius 1 is 0.780 bits per heavy atom. The van der Waals surface area contributed by atoms with E-state index in [1.807, 2.05) is 60.6 Å². The van der Waals surface area contributed by atoms with Gasteiger partial charge in [-0.1, -0.05) is 40.5 Å². The molecule has 0 bridgehead atoms. The van der Waals surface area contributed by atoms with Crippen molar-refractivity contribution in [2.24, 2.45) is 0 Å². The SMILES string of the molecule is Cc1cc(C)cc(C(=O)Oc2ccc(C(CNC(C)(C)C)S(=O)(=O)OC=O)cc2OC(=O)c2cc(C)cc(C)c2)c1. The van der Waals surface area contributed by atoms with Gasteiger partial charge in [0.25, 0.3) is 0 Å². The van der Waals surface area contributed by atoms with Gasteiger partial charge in [0.15, 0.2) is 11.5 Å². The summed E-state index contributed by atoms with van der Waals surface area (Å²) in [5.41, 5.74) is 3.67. The van der Waals surface area contributed by atoms with Crippen molar-refractivity contribution in [1.29, 1.82) is 0 Å². The van der Waals surface area contributed by atoms with Crippen molar-refractivity contribution in [3.63, 3.8) is 0 Å². The summed E-state index contributed by atoms with van der Waals surface area (Å²) in [4.78, 5) is 37.2. The van der Waals surface area contributed by atoms with E-state index in [1.165, 1.54) is 18.2 Å². The molecule has 1 unspecified atom stereocenters. The summed E-state index contributed by atoms with van der Waals surface area (Å²) in [6.07, 6.45) is 0. The van der Waals surface area contributed by atoms with Crippen LogP contribution in [0.4, 0.5) is 0 Å². The molecule has 0 aliphatic carbocycles. The minimum atomic E-state index is -4.42. The number of hydrogen-bond donors (Lipinski definition) is 1. The number of hydrogen-bond acceptors (Lipinski definition) is 9. The van der Waals surface area contributed by atoms with E-state index < -0.39 is 32.8 Å². The lowest BCUT2D eigenvalue weighted by molar-refractivity contribution is -0.120. The summed E-state index contributed by atoms with van der Waals surface area (Å²) in [7, 11) is -4.42. The molecule has 0 aliphatic heterocycles. The molecule has 1 atom stereocenters. The van der Waals surface area contributed by atoms with Gasteiger partial charge in [0.2, 0.25) is 0 Å². The number of aryl methyl sites for hydroxylation is 4. The van der Waals surface area contributed by atoms with Gasteiger partial charge in [-0.05, 0) is 90.4 Å². The van der Waals surface area contributed by atoms with Crippen LogP contribution in [0.3, 0.4) is 0 Å². The second-order valence-electron chi connectivity index (χ2n) is 11.0. The summed E-state index contributed by atoms with van der Waals surface area (Å²) < 4.78 is 41.6. The first-order valence-electron chi connectivity index (χ1n) is 12.9. The molecule has 0 fully saturated rings. The lowest BCUT2D eigenvalue weighted by Gasteiger charge is -2.25. The van der Waals surface area contributed by atoms with Crippen molar-refractivity contribution >= 4 is 28.5 Å². The van der Waals surface area contributed by atoms with Crippen molar-refractivity contribution in [2.45, 2.75) is 59.3 Å². The fourth-order valence-corrected chi connectivity index (χ4v) is 5.31. The maximum atomic E-state index is 13.2. The molecular weight excluding hydrogens is 546 g/mol. The van der Waals surface area contributed by atoms with E-state index in [4.69, 9.17) is 9.47 Å². The third-order valence-electron chi connectivity index (χ3n) is 6.00. The van der Waals surface area contributed by atoms with Crippen LogP contribution in [0, 0.1) is 27.7 Å². The van der Waals surface area contributed by atoms with Crippen LogP contribution in [0.1, 0.15) is 74.6 Å². The molecule has 0 spiro atoms. The van der Waals surface area contributed by atoms with Gasteiger partial charge in [-0.3, -0.25) is 4.79 Å². The van der Waals surface area contributed by atoms with Gasteiger partial charge in [0.1, 0.15) is 5.25 Å². The fraction of sp³-hybridized carbons (Fsp3) is 0.323. The van der Waals surface area contributed by atoms with Gasteiger partial charge in [0.05, 0.1) is 11.1 Å². The lowest BCUT2D eigenvalue weighted by Crippen LogP contribution is -2.40. The molecule has 218 valence electrons. The molecule has 1 N–H and O–H groups in total. The molecule has 0 heterocycles. The van der Waals surface area contributed by atoms with Crippen molar-refractivity contribution in [2.75, 3.05) is 6.54 Å². The first-order chi connectivity index (χ1) is 19.1. The predicted octanol–water partition coefficient (Wildman–Crippen LogP) is 5.29. The number of nitrogens with one attached hydrogen (secondary N) is 1. The first kappa shape index (κ1) is 31.5. The van der Waals surface area contributed by atoms with E-state index in [0.717, 1.165) is 22.3 Å². The molecule has 0 aromatic heterocycles. The zero-order chi connectivity index (χ0) is 30.5. The zero-order valence-electron chi connectivity index (χ0n) is 24.2. The highest BCUT2D eigenvalue weighted by atomic mass is 32.2. The van der Waals surface area contributed by atoms with Gasteiger partial charge >= 0.3 is 28.5 Å². The van der Waals surface area contributed by atoms with E-state index in [9.17, 15) is 22.8 Å². The second kappa shape index (κ2) is 12.7. The lowest BCUT2D eigenvalue weighted by atomic mass is 10.1. The highest BCUT2D eigenvalue weighted by Crippen LogP contribution is 2.35. The number of esters is 2. The molecule has 3 aromatic rings. The summed E-state index contributed by atoms with van der Waals surface area (Å²) in [6.45, 7) is 12.7. The minimum Gasteiger partial charge on any atom is -0.419 e. The maximum Gasteiger partial charge on any atom is 0.343 e. The standard InChI is InChI=1S/C31H35NO8S/c1-19-10-20(2)13-24(12-19)29(34)39-26-9-8-23(28(17-32-31(5,6)7)41(36,37)38-18-33)16-27(26)40-30(35)25-14-21(3)11-22(4)15-25/h8-16,18,28,32H,17H2,1-7H3. The van der Waals surface area contributed by atoms with E-state index in [2.05, 4.69) is 9.50 Å². The van der Waals surface area contributed by atoms with E-state index >= 15 is 0 Å². The molecule has 3 aromatic carbocycles. The van der Waals surface area contributed by atoms with Crippen molar-refractivity contribution in [3.05, 3.63) is 93.5 Å². The largest absolute Gasteiger partial charge is 0.419 e. The molecule has 41 heavy (non-hydrogen) atoms. The Balaban J connectivity index is 2.09. The molecule has 0 saturated heterocycles. The third kappa shape index (κ3) is 8.73. The number of ether oxygens (including phenoxy) is 2. The predicted molar refractivity (Wildman–Crippen MR) is 155 cm³/mol. The smallest absolute Gasteiger partial charge is 0.343 e. The van der Waals surface area contributed by atoms with E-state index in [0.29, 0.717) is 5.56 Å². The molecular formula is C31H35NO8S. The molecule has 0 aliphatic rings. The van der Waals surface area contributed by atoms with Crippen molar-refractivity contribution in [3.8, 4) is 11.5 Å². The molecule has 0 saturated carbocycles. The molecule has 10 heteroatoms. The Bertz CT molecular complexity index is 1530. The Labute approximate surface area is 240 Å². The van der Waals surface area contributed by atoms with Crippen LogP contribution in [-0.4, -0.2) is 38.9 Å². The minimum absolute atomic E-state index is 0.0909. The Hall–Kier alpha value is -4.02.